The molecule has 0 heterocycles. The molecule has 0 spiro atoms. The van der Waals surface area contributed by atoms with Crippen LogP contribution in [0.5, 0.6) is 0 Å². The predicted molar refractivity (Wildman–Crippen MR) is 67.0 cm³/mol. The van der Waals surface area contributed by atoms with Gasteiger partial charge in [-0.2, -0.15) is 0 Å². The van der Waals surface area contributed by atoms with Crippen molar-refractivity contribution in [2.75, 3.05) is 12.4 Å². The van der Waals surface area contributed by atoms with Gasteiger partial charge in [0.2, 0.25) is 0 Å². The molecule has 1 rings (SSSR count). The van der Waals surface area contributed by atoms with Crippen molar-refractivity contribution in [3.05, 3.63) is 30.3 Å². The van der Waals surface area contributed by atoms with E-state index >= 15 is 0 Å². The molecule has 1 nitrogen and oxygen atoms in total. The van der Waals surface area contributed by atoms with Gasteiger partial charge in [0.15, 0.2) is 6.34 Å². The summed E-state index contributed by atoms with van der Waals surface area (Å²) in [7, 11) is 0. The fraction of sp³-hybridized carbons (Fsp3) is 0.455. The van der Waals surface area contributed by atoms with Crippen molar-refractivity contribution in [1.29, 1.82) is 0 Å². The third-order valence-corrected chi connectivity index (χ3v) is 7.78. The van der Waals surface area contributed by atoms with Crippen molar-refractivity contribution in [3.8, 4) is 0 Å². The predicted octanol–water partition coefficient (Wildman–Crippen LogP) is 3.75. The second kappa shape index (κ2) is 5.63. The Labute approximate surface area is 90.4 Å². The Hall–Kier alpha value is -0.200. The summed E-state index contributed by atoms with van der Waals surface area (Å²) in [6.45, 7) is 2.13. The van der Waals surface area contributed by atoms with Crippen LogP contribution in [0.1, 0.15) is 19.8 Å². The maximum Gasteiger partial charge on any atom is 0.166 e. The molecule has 1 aromatic carbocycles. The summed E-state index contributed by atoms with van der Waals surface area (Å²) >= 11 is 1.52. The standard InChI is InChI=1S/C11H17OPS/c1-3-4-10-13(12,14-2)11-8-6-5-7-9-11/h5-9H,3-4,10H2,1-2H3. The smallest absolute Gasteiger partial charge is 0.166 e. The van der Waals surface area contributed by atoms with Crippen LogP contribution >= 0.6 is 17.7 Å². The maximum absolute atomic E-state index is 12.5. The van der Waals surface area contributed by atoms with E-state index in [1.807, 2.05) is 36.6 Å². The van der Waals surface area contributed by atoms with Gasteiger partial charge < -0.3 is 4.57 Å². The molecule has 0 aliphatic carbocycles. The first-order chi connectivity index (χ1) is 6.73. The summed E-state index contributed by atoms with van der Waals surface area (Å²) in [4.78, 5) is 0. The molecule has 1 atom stereocenters. The molecule has 0 bridgehead atoms. The zero-order chi connectivity index (χ0) is 10.4. The molecule has 0 saturated heterocycles. The Kier molecular flexibility index (Phi) is 4.77. The molecule has 78 valence electrons. The molecule has 0 N–H and O–H groups in total. The lowest BCUT2D eigenvalue weighted by atomic mass is 10.4. The largest absolute Gasteiger partial charge is 0.307 e. The van der Waals surface area contributed by atoms with Gasteiger partial charge in [0.25, 0.3) is 0 Å². The average molecular weight is 228 g/mol. The first-order valence-corrected chi connectivity index (χ1v) is 8.65. The lowest BCUT2D eigenvalue weighted by molar-refractivity contribution is 0.588. The topological polar surface area (TPSA) is 17.1 Å². The van der Waals surface area contributed by atoms with Gasteiger partial charge in [-0.25, -0.2) is 0 Å². The second-order valence-electron chi connectivity index (χ2n) is 3.27. The molecule has 0 amide bonds. The van der Waals surface area contributed by atoms with Gasteiger partial charge in [0, 0.05) is 11.5 Å². The van der Waals surface area contributed by atoms with Crippen molar-refractivity contribution in [2.24, 2.45) is 0 Å². The number of unbranched alkanes of at least 4 members (excludes halogenated alkanes) is 1. The first-order valence-electron chi connectivity index (χ1n) is 4.93. The average Bonchev–Trinajstić information content (AvgIpc) is 2.27. The quantitative estimate of drug-likeness (QED) is 0.714. The van der Waals surface area contributed by atoms with Gasteiger partial charge in [0.05, 0.1) is 0 Å². The number of hydrogen-bond donors (Lipinski definition) is 0. The van der Waals surface area contributed by atoms with E-state index in [-0.39, 0.29) is 0 Å². The van der Waals surface area contributed by atoms with Crippen LogP contribution in [-0.4, -0.2) is 12.4 Å². The molecule has 0 saturated carbocycles. The second-order valence-corrected chi connectivity index (χ2v) is 8.81. The minimum absolute atomic E-state index is 0.828. The molecule has 0 radical (unpaired) electrons. The lowest BCUT2D eigenvalue weighted by Gasteiger charge is -2.15. The molecule has 0 aliphatic rings. The molecule has 0 fully saturated rings. The van der Waals surface area contributed by atoms with E-state index < -0.39 is 6.34 Å². The van der Waals surface area contributed by atoms with E-state index in [1.165, 1.54) is 11.4 Å². The maximum atomic E-state index is 12.5. The Morgan fingerprint density at radius 2 is 1.93 bits per heavy atom. The van der Waals surface area contributed by atoms with Crippen molar-refractivity contribution in [1.82, 2.24) is 0 Å². The summed E-state index contributed by atoms with van der Waals surface area (Å²) in [6, 6.07) is 9.85. The number of hydrogen-bond acceptors (Lipinski definition) is 2. The molecule has 1 unspecified atom stereocenters. The fourth-order valence-electron chi connectivity index (χ4n) is 1.35. The zero-order valence-corrected chi connectivity index (χ0v) is 10.5. The van der Waals surface area contributed by atoms with Crippen LogP contribution in [0.2, 0.25) is 0 Å². The van der Waals surface area contributed by atoms with Crippen LogP contribution in [-0.2, 0) is 4.57 Å². The van der Waals surface area contributed by atoms with Gasteiger partial charge in [-0.15, -0.1) is 0 Å². The van der Waals surface area contributed by atoms with Crippen molar-refractivity contribution in [3.63, 3.8) is 0 Å². The van der Waals surface area contributed by atoms with Crippen LogP contribution in [0.3, 0.4) is 0 Å². The monoisotopic (exact) mass is 228 g/mol. The molecule has 0 aliphatic heterocycles. The Morgan fingerprint density at radius 1 is 1.29 bits per heavy atom. The van der Waals surface area contributed by atoms with Gasteiger partial charge in [-0.05, 0) is 12.7 Å². The zero-order valence-electron chi connectivity index (χ0n) is 8.77. The summed E-state index contributed by atoms with van der Waals surface area (Å²) in [5.41, 5.74) is 0. The van der Waals surface area contributed by atoms with Crippen molar-refractivity contribution >= 4 is 23.0 Å². The SMILES string of the molecule is CCCCP(=O)(SC)c1ccccc1. The van der Waals surface area contributed by atoms with Crippen LogP contribution in [0, 0.1) is 0 Å². The molecule has 1 aromatic rings. The summed E-state index contributed by atoms with van der Waals surface area (Å²) < 4.78 is 12.5. The highest BCUT2D eigenvalue weighted by Gasteiger charge is 2.21. The molecule has 14 heavy (non-hydrogen) atoms. The highest BCUT2D eigenvalue weighted by molar-refractivity contribution is 8.60. The molecule has 3 heteroatoms. The van der Waals surface area contributed by atoms with E-state index in [4.69, 9.17) is 0 Å². The summed E-state index contributed by atoms with van der Waals surface area (Å²) in [5, 5.41) is 1.01. The summed E-state index contributed by atoms with van der Waals surface area (Å²) in [5.74, 6) is 0. The van der Waals surface area contributed by atoms with Crippen LogP contribution in [0.15, 0.2) is 30.3 Å². The molecular weight excluding hydrogens is 211 g/mol. The van der Waals surface area contributed by atoms with Gasteiger partial charge in [0.1, 0.15) is 0 Å². The van der Waals surface area contributed by atoms with Crippen LogP contribution in [0.25, 0.3) is 0 Å². The van der Waals surface area contributed by atoms with Gasteiger partial charge >= 0.3 is 0 Å². The van der Waals surface area contributed by atoms with Gasteiger partial charge in [-0.1, -0.05) is 55.1 Å². The lowest BCUT2D eigenvalue weighted by Crippen LogP contribution is -2.04. The van der Waals surface area contributed by atoms with Crippen LogP contribution in [0.4, 0.5) is 0 Å². The minimum atomic E-state index is -2.15. The first kappa shape index (κ1) is 11.9. The minimum Gasteiger partial charge on any atom is -0.307 e. The number of benzene rings is 1. The third-order valence-electron chi connectivity index (χ3n) is 2.25. The van der Waals surface area contributed by atoms with E-state index in [0.29, 0.717) is 0 Å². The van der Waals surface area contributed by atoms with E-state index in [9.17, 15) is 4.57 Å². The normalized spacial score (nSPS) is 15.0. The van der Waals surface area contributed by atoms with Crippen molar-refractivity contribution < 1.29 is 4.57 Å². The third kappa shape index (κ3) is 2.90. The van der Waals surface area contributed by atoms with E-state index in [1.54, 1.807) is 0 Å². The van der Waals surface area contributed by atoms with Crippen LogP contribution < -0.4 is 5.30 Å². The Balaban J connectivity index is 2.85. The van der Waals surface area contributed by atoms with E-state index in [0.717, 1.165) is 24.3 Å². The van der Waals surface area contributed by atoms with Gasteiger partial charge in [-0.3, -0.25) is 0 Å². The number of rotatable bonds is 5. The van der Waals surface area contributed by atoms with E-state index in [2.05, 4.69) is 6.92 Å². The Bertz CT molecular complexity index is 310. The molecular formula is C11H17OPS. The highest BCUT2D eigenvalue weighted by atomic mass is 32.7. The Morgan fingerprint density at radius 3 is 2.43 bits per heavy atom. The summed E-state index contributed by atoms with van der Waals surface area (Å²) in [6.07, 6.45) is 2.78. The fourth-order valence-corrected chi connectivity index (χ4v) is 5.29. The molecule has 0 aromatic heterocycles. The highest BCUT2D eigenvalue weighted by Crippen LogP contribution is 2.56. The van der Waals surface area contributed by atoms with Crippen molar-refractivity contribution in [2.45, 2.75) is 19.8 Å².